The van der Waals surface area contributed by atoms with E-state index in [1.165, 1.54) is 17.5 Å². The second-order valence-electron chi connectivity index (χ2n) is 8.69. The Morgan fingerprint density at radius 2 is 2.15 bits per heavy atom. The Kier molecular flexibility index (Phi) is 5.62. The van der Waals surface area contributed by atoms with E-state index in [0.29, 0.717) is 23.5 Å². The molecular formula is C23H29NO2Se. The van der Waals surface area contributed by atoms with Gasteiger partial charge in [-0.2, -0.15) is 0 Å². The van der Waals surface area contributed by atoms with E-state index in [9.17, 15) is 4.79 Å². The fourth-order valence-corrected chi connectivity index (χ4v) is 6.85. The molecule has 2 saturated carbocycles. The number of Topliss-reactive ketones (excluding diaryl/α,β-unsaturated/α-hetero) is 1. The first-order valence-corrected chi connectivity index (χ1v) is 12.5. The smallest absolute Gasteiger partial charge is 0.299 e. The Morgan fingerprint density at radius 3 is 3.00 bits per heavy atom. The molecule has 4 atom stereocenters. The van der Waals surface area contributed by atoms with E-state index in [-0.39, 0.29) is 20.4 Å². The van der Waals surface area contributed by atoms with Crippen LogP contribution in [0.15, 0.2) is 18.2 Å². The van der Waals surface area contributed by atoms with Crippen LogP contribution in [-0.2, 0) is 11.2 Å². The second kappa shape index (κ2) is 7.98. The van der Waals surface area contributed by atoms with Crippen LogP contribution in [0.4, 0.5) is 0 Å². The van der Waals surface area contributed by atoms with Gasteiger partial charge in [0, 0.05) is 11.8 Å². The van der Waals surface area contributed by atoms with Gasteiger partial charge in [-0.15, -0.1) is 0 Å². The fourth-order valence-electron chi connectivity index (χ4n) is 5.93. The molecule has 0 unspecified atom stereocenters. The molecule has 0 N–H and O–H groups in total. The number of nitrogens with zero attached hydrogens (tertiary/aromatic N) is 1. The molecule has 27 heavy (non-hydrogen) atoms. The topological polar surface area (TPSA) is 50.1 Å². The van der Waals surface area contributed by atoms with Gasteiger partial charge in [-0.25, -0.2) is 0 Å². The predicted molar refractivity (Wildman–Crippen MR) is 107 cm³/mol. The number of aryl methyl sites for hydroxylation is 1. The van der Waals surface area contributed by atoms with Crippen molar-refractivity contribution in [3.63, 3.8) is 0 Å². The van der Waals surface area contributed by atoms with Gasteiger partial charge in [-0.3, -0.25) is 4.79 Å². The maximum atomic E-state index is 12.4. The summed E-state index contributed by atoms with van der Waals surface area (Å²) >= 11 is 0.141. The van der Waals surface area contributed by atoms with Crippen LogP contribution in [0.2, 0.25) is 5.32 Å². The number of ketones is 1. The monoisotopic (exact) mass is 431 g/mol. The van der Waals surface area contributed by atoms with Crippen LogP contribution in [-0.4, -0.2) is 27.3 Å². The van der Waals surface area contributed by atoms with Crippen LogP contribution in [0.5, 0.6) is 5.75 Å². The molecule has 3 nitrogen and oxygen atoms in total. The summed E-state index contributed by atoms with van der Waals surface area (Å²) in [6.07, 6.45) is 8.61. The summed E-state index contributed by atoms with van der Waals surface area (Å²) in [5, 5.41) is 9.63. The molecule has 0 amide bonds. The van der Waals surface area contributed by atoms with Crippen molar-refractivity contribution in [2.45, 2.75) is 69.5 Å². The van der Waals surface area contributed by atoms with E-state index in [2.05, 4.69) is 30.1 Å². The minimum Gasteiger partial charge on any atom is -0.299 e. The molecule has 0 aromatic heterocycles. The van der Waals surface area contributed by atoms with E-state index in [4.69, 9.17) is 10.00 Å². The van der Waals surface area contributed by atoms with Gasteiger partial charge in [0.05, 0.1) is 0 Å². The molecule has 1 aromatic rings. The molecule has 3 aliphatic carbocycles. The van der Waals surface area contributed by atoms with E-state index in [1.807, 2.05) is 0 Å². The third-order valence-electron chi connectivity index (χ3n) is 7.38. The van der Waals surface area contributed by atoms with Crippen LogP contribution in [0.3, 0.4) is 0 Å². The Hall–Kier alpha value is -1.30. The standard InChI is InChI=1S/C23H29NO2Se/c1-23-11-10-19-18-7-5-17(26-12-2-3-13-27-15-24)14-16(18)4-6-20(19)21(23)8-9-22(23)25/h5,7,14,19-21H,2-4,6,8-13H2,1H3/t19-,20-,21+,23+/m1/s1. The zero-order valence-corrected chi connectivity index (χ0v) is 17.9. The zero-order chi connectivity index (χ0) is 18.9. The van der Waals surface area contributed by atoms with E-state index >= 15 is 0 Å². The summed E-state index contributed by atoms with van der Waals surface area (Å²) in [6.45, 7) is 2.99. The van der Waals surface area contributed by atoms with Gasteiger partial charge in [-0.1, -0.05) is 6.92 Å². The first kappa shape index (κ1) is 19.0. The van der Waals surface area contributed by atoms with Crippen LogP contribution < -0.4 is 4.74 Å². The summed E-state index contributed by atoms with van der Waals surface area (Å²) in [5.41, 5.74) is 2.96. The molecule has 4 rings (SSSR count). The van der Waals surface area contributed by atoms with Gasteiger partial charge in [0.25, 0.3) is 0 Å². The molecule has 0 aliphatic heterocycles. The van der Waals surface area contributed by atoms with Crippen LogP contribution in [0.25, 0.3) is 0 Å². The molecule has 0 spiro atoms. The van der Waals surface area contributed by atoms with Crippen molar-refractivity contribution in [2.24, 2.45) is 17.3 Å². The van der Waals surface area contributed by atoms with Gasteiger partial charge >= 0.3 is 133 Å². The number of fused-ring (bicyclic) bond motifs is 5. The number of hydrogen-bond acceptors (Lipinski definition) is 3. The Bertz CT molecular complexity index is 755. The van der Waals surface area contributed by atoms with Crippen molar-refractivity contribution in [1.82, 2.24) is 0 Å². The van der Waals surface area contributed by atoms with Crippen molar-refractivity contribution >= 4 is 20.7 Å². The van der Waals surface area contributed by atoms with Gasteiger partial charge in [0.1, 0.15) is 5.78 Å². The zero-order valence-electron chi connectivity index (χ0n) is 16.2. The molecule has 144 valence electrons. The SMILES string of the molecule is C[C@]12CC[C@@H]3c4ccc(OCCCC[Se]C#N)cc4CC[C@H]3[C@@H]1CCC2=O. The normalized spacial score (nSPS) is 31.6. The minimum atomic E-state index is -0.0332. The molecule has 4 heteroatoms. The number of ether oxygens (including phenoxy) is 1. The molecule has 2 fully saturated rings. The van der Waals surface area contributed by atoms with E-state index in [1.54, 1.807) is 0 Å². The molecule has 3 aliphatic rings. The van der Waals surface area contributed by atoms with Crippen molar-refractivity contribution < 1.29 is 9.53 Å². The molecule has 0 radical (unpaired) electrons. The average Bonchev–Trinajstić information content (AvgIpc) is 2.99. The number of carbonyl (C=O) groups excluding carboxylic acids is 1. The van der Waals surface area contributed by atoms with Crippen LogP contribution in [0.1, 0.15) is 68.9 Å². The van der Waals surface area contributed by atoms with Crippen molar-refractivity contribution in [3.05, 3.63) is 29.3 Å². The molecule has 0 heterocycles. The second-order valence-corrected chi connectivity index (χ2v) is 10.5. The average molecular weight is 430 g/mol. The van der Waals surface area contributed by atoms with Gasteiger partial charge < -0.3 is 0 Å². The maximum absolute atomic E-state index is 12.4. The van der Waals surface area contributed by atoms with E-state index in [0.717, 1.165) is 62.6 Å². The van der Waals surface area contributed by atoms with Gasteiger partial charge in [0.2, 0.25) is 0 Å². The minimum absolute atomic E-state index is 0.0332. The fraction of sp³-hybridized carbons (Fsp3) is 0.652. The molecule has 1 aromatic carbocycles. The number of hydrogen-bond donors (Lipinski definition) is 0. The Labute approximate surface area is 169 Å². The summed E-state index contributed by atoms with van der Waals surface area (Å²) in [4.78, 5) is 14.7. The number of benzene rings is 1. The number of carbonyl (C=O) groups is 1. The van der Waals surface area contributed by atoms with Crippen LogP contribution >= 0.6 is 0 Å². The number of unbranched alkanes of at least 4 members (excludes halogenated alkanes) is 1. The third-order valence-corrected chi connectivity index (χ3v) is 8.69. The van der Waals surface area contributed by atoms with Crippen molar-refractivity contribution in [1.29, 1.82) is 5.26 Å². The first-order chi connectivity index (χ1) is 13.1. The summed E-state index contributed by atoms with van der Waals surface area (Å²) in [7, 11) is 0. The Balaban J connectivity index is 1.41. The van der Waals surface area contributed by atoms with Crippen LogP contribution in [0, 0.1) is 27.5 Å². The molecule has 0 bridgehead atoms. The summed E-state index contributed by atoms with van der Waals surface area (Å²) < 4.78 is 5.97. The summed E-state index contributed by atoms with van der Waals surface area (Å²) in [6, 6.07) is 6.71. The van der Waals surface area contributed by atoms with Crippen molar-refractivity contribution in [3.8, 4) is 10.7 Å². The predicted octanol–water partition coefficient (Wildman–Crippen LogP) is 4.87. The van der Waals surface area contributed by atoms with Gasteiger partial charge in [0.15, 0.2) is 0 Å². The van der Waals surface area contributed by atoms with Gasteiger partial charge in [-0.05, 0) is 6.42 Å². The quantitative estimate of drug-likeness (QED) is 0.478. The summed E-state index contributed by atoms with van der Waals surface area (Å²) in [5.74, 6) is 3.45. The first-order valence-electron chi connectivity index (χ1n) is 10.4. The third kappa shape index (κ3) is 3.57. The number of nitriles is 1. The molecule has 0 saturated heterocycles. The molecular weight excluding hydrogens is 401 g/mol. The van der Waals surface area contributed by atoms with Crippen molar-refractivity contribution in [2.75, 3.05) is 6.61 Å². The Morgan fingerprint density at radius 1 is 1.26 bits per heavy atom. The number of rotatable bonds is 6. The van der Waals surface area contributed by atoms with E-state index < -0.39 is 0 Å².